The van der Waals surface area contributed by atoms with Crippen LogP contribution in [0.3, 0.4) is 0 Å². The van der Waals surface area contributed by atoms with Gasteiger partial charge in [-0.05, 0) is 60.3 Å². The zero-order valence-electron chi connectivity index (χ0n) is 23.7. The molecule has 0 atom stereocenters. The summed E-state index contributed by atoms with van der Waals surface area (Å²) in [6.45, 7) is 11.8. The summed E-state index contributed by atoms with van der Waals surface area (Å²) in [6, 6.07) is 14.5. The minimum atomic E-state index is -1.02. The molecule has 1 heterocycles. The summed E-state index contributed by atoms with van der Waals surface area (Å²) in [5.41, 5.74) is 6.86. The molecule has 216 valence electrons. The van der Waals surface area contributed by atoms with Crippen molar-refractivity contribution in [2.75, 3.05) is 25.1 Å². The first-order chi connectivity index (χ1) is 19.0. The quantitative estimate of drug-likeness (QED) is 0.0778. The van der Waals surface area contributed by atoms with E-state index in [1.54, 1.807) is 19.1 Å². The summed E-state index contributed by atoms with van der Waals surface area (Å²) in [5, 5.41) is 37.3. The van der Waals surface area contributed by atoms with Crippen molar-refractivity contribution in [2.45, 2.75) is 52.9 Å². The molecule has 2 aromatic carbocycles. The zero-order chi connectivity index (χ0) is 29.7. The van der Waals surface area contributed by atoms with E-state index >= 15 is 0 Å². The fourth-order valence-corrected chi connectivity index (χ4v) is 4.61. The van der Waals surface area contributed by atoms with Gasteiger partial charge in [0.25, 0.3) is 0 Å². The van der Waals surface area contributed by atoms with Crippen molar-refractivity contribution in [1.29, 1.82) is 0 Å². The molecule has 3 aromatic rings. The van der Waals surface area contributed by atoms with Gasteiger partial charge in [-0.3, -0.25) is 5.43 Å². The van der Waals surface area contributed by atoms with Crippen LogP contribution in [0.5, 0.6) is 5.75 Å². The Balaban J connectivity index is 0.000000611. The van der Waals surface area contributed by atoms with Crippen LogP contribution in [0, 0.1) is 0 Å². The molecule has 0 unspecified atom stereocenters. The third-order valence-electron chi connectivity index (χ3n) is 5.74. The highest BCUT2D eigenvalue weighted by Gasteiger charge is 2.17. The summed E-state index contributed by atoms with van der Waals surface area (Å²) in [5.74, 6) is -0.840. The van der Waals surface area contributed by atoms with Crippen LogP contribution in [0.1, 0.15) is 68.9 Å². The van der Waals surface area contributed by atoms with Gasteiger partial charge in [-0.15, -0.1) is 11.3 Å². The van der Waals surface area contributed by atoms with Crippen LogP contribution in [0.4, 0.5) is 5.69 Å². The number of nitrogens with zero attached hydrogens (tertiary/aromatic N) is 1. The molecular weight excluding hydrogens is 546 g/mol. The van der Waals surface area contributed by atoms with Crippen molar-refractivity contribution in [3.63, 3.8) is 0 Å². The number of carboxylic acids is 1. The Bertz CT molecular complexity index is 1280. The SMILES string of the molecule is C/C(=N\NC(=S)Nc1cccc(C(=O)O)c1)c1csc(-c2ccc(C(C)(C)C)cc2)c1O.CCCCOCCO. The molecule has 0 bridgehead atoms. The summed E-state index contributed by atoms with van der Waals surface area (Å²) >= 11 is 6.68. The topological polar surface area (TPSA) is 123 Å². The number of thiocarbonyl (C=S) groups is 1. The van der Waals surface area contributed by atoms with Gasteiger partial charge in [0.15, 0.2) is 5.11 Å². The number of aromatic hydroxyl groups is 1. The second kappa shape index (κ2) is 16.1. The van der Waals surface area contributed by atoms with E-state index in [1.165, 1.54) is 29.0 Å². The molecule has 0 aliphatic rings. The van der Waals surface area contributed by atoms with Gasteiger partial charge in [0.1, 0.15) is 5.75 Å². The Morgan fingerprint density at radius 3 is 2.42 bits per heavy atom. The number of unbranched alkanes of at least 4 members (excludes halogenated alkanes) is 1. The van der Waals surface area contributed by atoms with Gasteiger partial charge in [-0.1, -0.05) is 64.4 Å². The number of hydrogen-bond donors (Lipinski definition) is 5. The van der Waals surface area contributed by atoms with Crippen LogP contribution >= 0.6 is 23.6 Å². The van der Waals surface area contributed by atoms with Crippen molar-refractivity contribution in [3.8, 4) is 16.2 Å². The molecule has 10 heteroatoms. The lowest BCUT2D eigenvalue weighted by molar-refractivity contribution is 0.0697. The predicted octanol–water partition coefficient (Wildman–Crippen LogP) is 6.62. The van der Waals surface area contributed by atoms with Crippen molar-refractivity contribution in [3.05, 3.63) is 70.6 Å². The summed E-state index contributed by atoms with van der Waals surface area (Å²) in [4.78, 5) is 11.9. The predicted molar refractivity (Wildman–Crippen MR) is 168 cm³/mol. The lowest BCUT2D eigenvalue weighted by atomic mass is 9.86. The minimum Gasteiger partial charge on any atom is -0.506 e. The van der Waals surface area contributed by atoms with E-state index in [-0.39, 0.29) is 28.4 Å². The Hall–Kier alpha value is -3.31. The number of ether oxygens (including phenoxy) is 1. The normalized spacial score (nSPS) is 11.4. The fourth-order valence-electron chi connectivity index (χ4n) is 3.43. The monoisotopic (exact) mass is 585 g/mol. The summed E-state index contributed by atoms with van der Waals surface area (Å²) in [6.07, 6.45) is 2.26. The number of nitrogens with one attached hydrogen (secondary N) is 2. The maximum Gasteiger partial charge on any atom is 0.335 e. The molecule has 0 aliphatic heterocycles. The van der Waals surface area contributed by atoms with Gasteiger partial charge in [-0.25, -0.2) is 4.79 Å². The number of hydrogen-bond acceptors (Lipinski definition) is 7. The number of carbonyl (C=O) groups is 1. The molecule has 0 amide bonds. The van der Waals surface area contributed by atoms with Crippen molar-refractivity contribution in [1.82, 2.24) is 5.43 Å². The highest BCUT2D eigenvalue weighted by molar-refractivity contribution is 7.80. The fraction of sp³-hybridized carbons (Fsp3) is 0.367. The number of rotatable bonds is 10. The largest absolute Gasteiger partial charge is 0.506 e. The van der Waals surface area contributed by atoms with Gasteiger partial charge >= 0.3 is 5.97 Å². The highest BCUT2D eigenvalue weighted by atomic mass is 32.1. The first kappa shape index (κ1) is 32.9. The highest BCUT2D eigenvalue weighted by Crippen LogP contribution is 2.39. The Labute approximate surface area is 245 Å². The van der Waals surface area contributed by atoms with Crippen LogP contribution in [-0.4, -0.2) is 51.9 Å². The molecule has 8 nitrogen and oxygen atoms in total. The van der Waals surface area contributed by atoms with Crippen LogP contribution in [0.25, 0.3) is 10.4 Å². The average molecular weight is 586 g/mol. The van der Waals surface area contributed by atoms with Gasteiger partial charge in [0.05, 0.1) is 34.9 Å². The van der Waals surface area contributed by atoms with Crippen molar-refractivity contribution in [2.24, 2.45) is 5.10 Å². The average Bonchev–Trinajstić information content (AvgIpc) is 3.31. The zero-order valence-corrected chi connectivity index (χ0v) is 25.3. The second-order valence-electron chi connectivity index (χ2n) is 9.99. The number of anilines is 1. The number of aliphatic hydroxyl groups excluding tert-OH is 1. The molecule has 0 aliphatic carbocycles. The molecule has 1 aromatic heterocycles. The number of hydrazone groups is 1. The number of aliphatic hydroxyl groups is 1. The number of thiophene rings is 1. The minimum absolute atomic E-state index is 0.0670. The Kier molecular flexibility index (Phi) is 13.2. The molecular formula is C30H39N3O5S2. The molecule has 0 saturated carbocycles. The summed E-state index contributed by atoms with van der Waals surface area (Å²) < 4.78 is 4.97. The van der Waals surface area contributed by atoms with E-state index in [9.17, 15) is 9.90 Å². The Morgan fingerprint density at radius 1 is 1.12 bits per heavy atom. The first-order valence-electron chi connectivity index (χ1n) is 13.0. The number of benzene rings is 2. The maximum absolute atomic E-state index is 11.1. The lowest BCUT2D eigenvalue weighted by Crippen LogP contribution is -2.25. The number of aromatic carboxylic acids is 1. The van der Waals surface area contributed by atoms with Gasteiger partial charge in [0, 0.05) is 17.7 Å². The second-order valence-corrected chi connectivity index (χ2v) is 11.3. The molecule has 5 N–H and O–H groups in total. The van der Waals surface area contributed by atoms with Gasteiger partial charge in [-0.2, -0.15) is 5.10 Å². The summed E-state index contributed by atoms with van der Waals surface area (Å²) in [7, 11) is 0. The van der Waals surface area contributed by atoms with Crippen molar-refractivity contribution >= 4 is 46.0 Å². The van der Waals surface area contributed by atoms with Crippen LogP contribution in [0.15, 0.2) is 59.0 Å². The van der Waals surface area contributed by atoms with Crippen molar-refractivity contribution < 1.29 is 24.9 Å². The third-order valence-corrected chi connectivity index (χ3v) is 6.95. The lowest BCUT2D eigenvalue weighted by Gasteiger charge is -2.19. The molecule has 3 rings (SSSR count). The molecule has 0 spiro atoms. The van der Waals surface area contributed by atoms with Crippen LogP contribution in [0.2, 0.25) is 0 Å². The van der Waals surface area contributed by atoms with E-state index in [4.69, 9.17) is 27.2 Å². The smallest absolute Gasteiger partial charge is 0.335 e. The van der Waals surface area contributed by atoms with E-state index in [0.717, 1.165) is 29.9 Å². The van der Waals surface area contributed by atoms with Crippen LogP contribution < -0.4 is 10.7 Å². The molecule has 40 heavy (non-hydrogen) atoms. The Morgan fingerprint density at radius 2 is 1.82 bits per heavy atom. The van der Waals surface area contributed by atoms with E-state index in [0.29, 0.717) is 23.6 Å². The molecule has 0 radical (unpaired) electrons. The first-order valence-corrected chi connectivity index (χ1v) is 14.3. The van der Waals surface area contributed by atoms with Gasteiger partial charge < -0.3 is 25.4 Å². The van der Waals surface area contributed by atoms with E-state index in [1.807, 2.05) is 17.5 Å². The third kappa shape index (κ3) is 10.3. The molecule has 0 fully saturated rings. The standard InChI is InChI=1S/C24H25N3O3S2.C6H14O2/c1-14(26-27-23(31)25-18-7-5-6-16(12-18)22(29)30)19-13-32-21(20(19)28)15-8-10-17(11-9-15)24(2,3)4;1-2-3-5-8-6-4-7/h5-13,28H,1-4H3,(H,29,30)(H2,25,27,31);7H,2-6H2,1H3/b26-14+;. The number of carboxylic acid groups (broad SMARTS) is 1. The van der Waals surface area contributed by atoms with E-state index in [2.05, 4.69) is 55.7 Å². The molecule has 0 saturated heterocycles. The maximum atomic E-state index is 11.1. The van der Waals surface area contributed by atoms with Gasteiger partial charge in [0.2, 0.25) is 0 Å². The van der Waals surface area contributed by atoms with Crippen LogP contribution in [-0.2, 0) is 10.2 Å². The van der Waals surface area contributed by atoms with E-state index < -0.39 is 5.97 Å².